The molecule has 0 amide bonds. The maximum atomic E-state index is 6.66. The molecule has 4 aromatic heterocycles. The van der Waals surface area contributed by atoms with Crippen molar-refractivity contribution in [3.8, 4) is 62.1 Å². The monoisotopic (exact) mass is 978 g/mol. The number of para-hydroxylation sites is 4. The predicted octanol–water partition coefficient (Wildman–Crippen LogP) is 13.4. The molecule has 0 saturated carbocycles. The van der Waals surface area contributed by atoms with Gasteiger partial charge in [-0.2, -0.15) is 0 Å². The Morgan fingerprint density at radius 2 is 1.10 bits per heavy atom. The number of fused-ring (bicyclic) bond motifs is 4. The van der Waals surface area contributed by atoms with Gasteiger partial charge >= 0.3 is 294 Å². The first-order valence-electron chi connectivity index (χ1n) is 20.5. The maximum absolute atomic E-state index is 6.66. The van der Waals surface area contributed by atoms with E-state index in [1.54, 1.807) is 0 Å². The zero-order valence-electron chi connectivity index (χ0n) is 33.9. The molecule has 0 saturated heterocycles. The summed E-state index contributed by atoms with van der Waals surface area (Å²) in [6, 6.07) is 70.6. The van der Waals surface area contributed by atoms with E-state index in [0.717, 1.165) is 98.6 Å². The molecule has 11 aromatic rings. The topological polar surface area (TPSA) is 49.8 Å². The van der Waals surface area contributed by atoms with Crippen molar-refractivity contribution in [2.24, 2.45) is 0 Å². The summed E-state index contributed by atoms with van der Waals surface area (Å²) in [6.07, 6.45) is 1.93. The van der Waals surface area contributed by atoms with Crippen molar-refractivity contribution in [3.63, 3.8) is 0 Å². The van der Waals surface area contributed by atoms with Gasteiger partial charge in [-0.25, -0.2) is 0 Å². The van der Waals surface area contributed by atoms with Crippen molar-refractivity contribution in [1.29, 1.82) is 0 Å². The van der Waals surface area contributed by atoms with Crippen LogP contribution in [0.15, 0.2) is 188 Å². The normalized spacial score (nSPS) is 11.5. The van der Waals surface area contributed by atoms with Crippen molar-refractivity contribution in [2.45, 2.75) is 13.8 Å². The molecule has 0 aliphatic rings. The Kier molecular flexibility index (Phi) is 9.44. The molecule has 0 fully saturated rings. The van der Waals surface area contributed by atoms with E-state index in [9.17, 15) is 0 Å². The number of hydrogen-bond acceptors (Lipinski definition) is 3. The molecule has 0 unspecified atom stereocenters. The number of hydrogen-bond donors (Lipinski definition) is 0. The molecule has 62 heavy (non-hydrogen) atoms. The quantitative estimate of drug-likeness (QED) is 0.143. The van der Waals surface area contributed by atoms with Gasteiger partial charge in [0.2, 0.25) is 0 Å². The first kappa shape index (κ1) is 37.6. The number of aromatic nitrogens is 5. The molecule has 0 N–H and O–H groups in total. The number of ether oxygens (including phenoxy) is 1. The van der Waals surface area contributed by atoms with Gasteiger partial charge in [0.1, 0.15) is 0 Å². The van der Waals surface area contributed by atoms with Gasteiger partial charge in [0, 0.05) is 23.1 Å². The number of aryl methyl sites for hydroxylation is 2. The van der Waals surface area contributed by atoms with Gasteiger partial charge in [-0.3, -0.25) is 4.98 Å². The molecule has 4 heterocycles. The third-order valence-corrected chi connectivity index (χ3v) is 12.3. The summed E-state index contributed by atoms with van der Waals surface area (Å²) in [4.78, 5) is 9.54. The predicted molar refractivity (Wildman–Crippen MR) is 246 cm³/mol. The molecule has 0 aliphatic carbocycles. The third kappa shape index (κ3) is 6.61. The Hall–Kier alpha value is -7.40. The molecule has 11 rings (SSSR count). The second kappa shape index (κ2) is 15.6. The van der Waals surface area contributed by atoms with Crippen molar-refractivity contribution in [2.75, 3.05) is 0 Å². The van der Waals surface area contributed by atoms with Crippen molar-refractivity contribution >= 4 is 32.8 Å². The number of pyridine rings is 2. The van der Waals surface area contributed by atoms with E-state index in [0.29, 0.717) is 11.5 Å². The summed E-state index contributed by atoms with van der Waals surface area (Å²) in [6.45, 7) is 4.04. The van der Waals surface area contributed by atoms with E-state index in [2.05, 4.69) is 214 Å². The van der Waals surface area contributed by atoms with Crippen LogP contribution in [0.2, 0.25) is 0 Å². The fourth-order valence-corrected chi connectivity index (χ4v) is 9.72. The number of benzene rings is 7. The molecular formula is C55H37N5OPt-2. The molecule has 0 spiro atoms. The Bertz CT molecular complexity index is 3450. The standard InChI is InChI=1S/C55H37N5O.Pt/c1-37-31-42(32-38(2)57-37)41-27-30-54(56-35-41)60-50-24-10-9-21-48(50)49-29-28-45(34-53(49)60)61-44-20-13-19-43(33-44)58-36-59(52-26-12-11-25-51(52)58)55-46(39-15-5-3-6-16-39)22-14-23-47(55)40-17-7-4-8-18-40;/h3-32,35H,1-2H3;/q-2;. The van der Waals surface area contributed by atoms with Crippen LogP contribution in [0.5, 0.6) is 11.5 Å². The van der Waals surface area contributed by atoms with E-state index >= 15 is 0 Å². The Morgan fingerprint density at radius 1 is 0.484 bits per heavy atom. The van der Waals surface area contributed by atoms with Crippen LogP contribution in [0.1, 0.15) is 11.4 Å². The Labute approximate surface area is 370 Å². The molecule has 7 heteroatoms. The minimum absolute atomic E-state index is 0.584. The Balaban J connectivity index is 1.01. The summed E-state index contributed by atoms with van der Waals surface area (Å²) in [7, 11) is 0. The van der Waals surface area contributed by atoms with E-state index < -0.39 is 0 Å². The average Bonchev–Trinajstić information content (AvgIpc) is 3.79. The summed E-state index contributed by atoms with van der Waals surface area (Å²) in [5.74, 6) is 1.97. The average molecular weight is 979 g/mol. The van der Waals surface area contributed by atoms with E-state index in [4.69, 9.17) is 9.72 Å². The van der Waals surface area contributed by atoms with E-state index in [1.807, 2.05) is 38.2 Å². The van der Waals surface area contributed by atoms with Crippen molar-refractivity contribution in [1.82, 2.24) is 23.7 Å². The molecule has 0 aliphatic heterocycles. The van der Waals surface area contributed by atoms with Crippen LogP contribution in [0, 0.1) is 29.8 Å². The number of imidazole rings is 1. The van der Waals surface area contributed by atoms with Gasteiger partial charge in [0.05, 0.1) is 0 Å². The zero-order chi connectivity index (χ0) is 41.7. The van der Waals surface area contributed by atoms with Gasteiger partial charge in [0.25, 0.3) is 0 Å². The van der Waals surface area contributed by atoms with Gasteiger partial charge < -0.3 is 0 Å². The van der Waals surface area contributed by atoms with Crippen LogP contribution in [0.25, 0.3) is 83.4 Å². The molecular weight excluding hydrogens is 942 g/mol. The van der Waals surface area contributed by atoms with Crippen LogP contribution in [-0.2, 0) is 19.4 Å². The molecule has 7 aromatic carbocycles. The minimum atomic E-state index is 0.584. The van der Waals surface area contributed by atoms with Gasteiger partial charge in [-0.1, -0.05) is 12.1 Å². The fraction of sp³-hybridized carbons (Fsp3) is 0.0364. The van der Waals surface area contributed by atoms with E-state index in [-0.39, 0.29) is 0 Å². The zero-order valence-corrected chi connectivity index (χ0v) is 36.1. The van der Waals surface area contributed by atoms with Crippen LogP contribution < -0.4 is 4.74 Å². The Morgan fingerprint density at radius 3 is 1.77 bits per heavy atom. The molecule has 0 bridgehead atoms. The first-order valence-corrected chi connectivity index (χ1v) is 21.6. The smallest absolute Gasteiger partial charge is 0.258 e. The van der Waals surface area contributed by atoms with Crippen molar-refractivity contribution in [3.05, 3.63) is 216 Å². The van der Waals surface area contributed by atoms with Gasteiger partial charge in [-0.15, -0.1) is 0 Å². The number of rotatable bonds is 8. The third-order valence-electron chi connectivity index (χ3n) is 11.3. The molecule has 6 nitrogen and oxygen atoms in total. The van der Waals surface area contributed by atoms with Crippen LogP contribution in [0.4, 0.5) is 0 Å². The summed E-state index contributed by atoms with van der Waals surface area (Å²) < 4.78 is 14.5. The summed E-state index contributed by atoms with van der Waals surface area (Å²) in [5, 5.41) is 2.19. The minimum Gasteiger partial charge on any atom is -0.258 e. The van der Waals surface area contributed by atoms with Crippen molar-refractivity contribution < 1.29 is 24.1 Å². The van der Waals surface area contributed by atoms with Gasteiger partial charge in [-0.05, 0) is 37.6 Å². The molecule has 0 radical (unpaired) electrons. The summed E-state index contributed by atoms with van der Waals surface area (Å²) >= 11 is 2.47. The molecule has 0 atom stereocenters. The summed E-state index contributed by atoms with van der Waals surface area (Å²) in [5.41, 5.74) is 14.7. The van der Waals surface area contributed by atoms with Crippen LogP contribution in [-0.4, -0.2) is 23.7 Å². The van der Waals surface area contributed by atoms with Crippen LogP contribution in [0.3, 0.4) is 0 Å². The fourth-order valence-electron chi connectivity index (χ4n) is 8.65. The first-order chi connectivity index (χ1) is 30.5. The molecule has 300 valence electrons. The SMILES string of the molecule is Cc1cc(-c2ccc(-n3c4[c-]c(Oc5[c-]c(-n6[c](=[Pt])n(-c7c(-c8ccccc8)cccc7-c7ccccc7)c7ccccc76)ccc5)ccc4c4ccccc43)nc2)cc(C)n1. The second-order valence-electron chi connectivity index (χ2n) is 15.3. The van der Waals surface area contributed by atoms with Crippen LogP contribution >= 0.6 is 0 Å². The number of nitrogens with zero attached hydrogens (tertiary/aromatic N) is 5. The second-order valence-corrected chi connectivity index (χ2v) is 16.3. The van der Waals surface area contributed by atoms with Gasteiger partial charge in [0.15, 0.2) is 0 Å². The van der Waals surface area contributed by atoms with E-state index in [1.165, 1.54) is 0 Å².